The van der Waals surface area contributed by atoms with Gasteiger partial charge in [-0.25, -0.2) is 8.78 Å². The van der Waals surface area contributed by atoms with Crippen molar-refractivity contribution in [2.75, 3.05) is 0 Å². The number of carbonyl (C=O) groups excluding carboxylic acids is 1. The van der Waals surface area contributed by atoms with Crippen molar-refractivity contribution in [3.8, 4) is 0 Å². The first-order valence-electron chi connectivity index (χ1n) is 7.94. The number of allylic oxidation sites excluding steroid dienone is 1. The Kier molecular flexibility index (Phi) is 5.26. The lowest BCUT2D eigenvalue weighted by Crippen LogP contribution is -2.04. The minimum atomic E-state index is -0.396. The summed E-state index contributed by atoms with van der Waals surface area (Å²) in [5.74, 6) is -0.672. The molecule has 0 bridgehead atoms. The first-order chi connectivity index (χ1) is 11.8. The van der Waals surface area contributed by atoms with Crippen molar-refractivity contribution in [3.63, 3.8) is 0 Å². The Bertz CT molecular complexity index is 903. The SMILES string of the molecule is CC1=Cc2c(F)ccc(Br)c2C1.CC1Cc2c(Br)ccc(F)c2C1=O. The molecule has 0 N–H and O–H groups in total. The molecule has 1 unspecified atom stereocenters. The first kappa shape index (κ1) is 18.5. The Morgan fingerprint density at radius 1 is 1.00 bits per heavy atom. The third-order valence-corrected chi connectivity index (χ3v) is 5.99. The molecule has 0 amide bonds. The molecule has 0 saturated heterocycles. The molecule has 0 aliphatic heterocycles. The van der Waals surface area contributed by atoms with Crippen molar-refractivity contribution < 1.29 is 13.6 Å². The van der Waals surface area contributed by atoms with Gasteiger partial charge in [0.1, 0.15) is 11.6 Å². The second-order valence-corrected chi connectivity index (χ2v) is 8.15. The topological polar surface area (TPSA) is 17.1 Å². The highest BCUT2D eigenvalue weighted by atomic mass is 79.9. The Balaban J connectivity index is 0.000000146. The van der Waals surface area contributed by atoms with Gasteiger partial charge in [-0.15, -0.1) is 0 Å². The molecule has 2 aliphatic carbocycles. The van der Waals surface area contributed by atoms with Crippen molar-refractivity contribution in [1.82, 2.24) is 0 Å². The van der Waals surface area contributed by atoms with Gasteiger partial charge < -0.3 is 0 Å². The van der Waals surface area contributed by atoms with Gasteiger partial charge in [0.25, 0.3) is 0 Å². The number of fused-ring (bicyclic) bond motifs is 2. The average molecular weight is 470 g/mol. The van der Waals surface area contributed by atoms with Crippen LogP contribution in [0, 0.1) is 17.6 Å². The van der Waals surface area contributed by atoms with Crippen LogP contribution in [0.2, 0.25) is 0 Å². The molecule has 0 fully saturated rings. The van der Waals surface area contributed by atoms with Gasteiger partial charge in [0.05, 0.1) is 5.56 Å². The van der Waals surface area contributed by atoms with Crippen LogP contribution in [0.3, 0.4) is 0 Å². The molecule has 130 valence electrons. The van der Waals surface area contributed by atoms with Crippen LogP contribution in [0.15, 0.2) is 38.8 Å². The Hall–Kier alpha value is -1.33. The molecule has 0 saturated carbocycles. The predicted molar refractivity (Wildman–Crippen MR) is 103 cm³/mol. The molecule has 0 aromatic heterocycles. The van der Waals surface area contributed by atoms with E-state index in [1.54, 1.807) is 12.1 Å². The van der Waals surface area contributed by atoms with Crippen LogP contribution in [0.4, 0.5) is 8.78 Å². The Morgan fingerprint density at radius 3 is 2.20 bits per heavy atom. The summed E-state index contributed by atoms with van der Waals surface area (Å²) < 4.78 is 28.3. The van der Waals surface area contributed by atoms with Crippen LogP contribution in [0.1, 0.15) is 40.9 Å². The summed E-state index contributed by atoms with van der Waals surface area (Å²) in [5, 5.41) is 0. The minimum absolute atomic E-state index is 0.0752. The van der Waals surface area contributed by atoms with Crippen LogP contribution >= 0.6 is 31.9 Å². The molecule has 0 radical (unpaired) electrons. The summed E-state index contributed by atoms with van der Waals surface area (Å²) in [5.41, 5.74) is 4.14. The van der Waals surface area contributed by atoms with Crippen molar-refractivity contribution >= 4 is 43.7 Å². The number of hydrogen-bond acceptors (Lipinski definition) is 1. The summed E-state index contributed by atoms with van der Waals surface area (Å²) in [7, 11) is 0. The molecule has 0 spiro atoms. The highest BCUT2D eigenvalue weighted by molar-refractivity contribution is 9.10. The van der Waals surface area contributed by atoms with Gasteiger partial charge in [-0.2, -0.15) is 0 Å². The average Bonchev–Trinajstić information content (AvgIpc) is 3.10. The van der Waals surface area contributed by atoms with E-state index in [2.05, 4.69) is 31.9 Å². The van der Waals surface area contributed by atoms with Crippen LogP contribution in [-0.4, -0.2) is 5.78 Å². The zero-order valence-electron chi connectivity index (χ0n) is 13.8. The zero-order chi connectivity index (χ0) is 18.3. The number of rotatable bonds is 0. The molecule has 1 nitrogen and oxygen atoms in total. The maximum atomic E-state index is 13.3. The van der Waals surface area contributed by atoms with Gasteiger partial charge in [-0.05, 0) is 55.2 Å². The standard InChI is InChI=1S/C10H8BrFO.C10H8BrF/c1-5-4-6-7(11)2-3-8(12)9(6)10(5)13;1-6-4-7-8(5-6)10(12)3-2-9(7)11/h2-3,5H,4H2,1H3;2-3,5H,4H2,1H3. The maximum absolute atomic E-state index is 13.3. The van der Waals surface area contributed by atoms with Gasteiger partial charge in [-0.3, -0.25) is 4.79 Å². The van der Waals surface area contributed by atoms with E-state index < -0.39 is 5.82 Å². The molecule has 4 rings (SSSR count). The largest absolute Gasteiger partial charge is 0.294 e. The number of benzene rings is 2. The maximum Gasteiger partial charge on any atom is 0.169 e. The molecule has 1 atom stereocenters. The molecule has 2 aromatic rings. The number of halogens is 4. The molecule has 5 heteroatoms. The predicted octanol–water partition coefficient (Wildman–Crippen LogP) is 6.51. The van der Waals surface area contributed by atoms with E-state index in [1.807, 2.05) is 19.9 Å². The highest BCUT2D eigenvalue weighted by Crippen LogP contribution is 2.34. The van der Waals surface area contributed by atoms with Crippen LogP contribution in [0.5, 0.6) is 0 Å². The second-order valence-electron chi connectivity index (χ2n) is 6.44. The molecular formula is C20H16Br2F2O. The lowest BCUT2D eigenvalue weighted by Gasteiger charge is -2.02. The number of ketones is 1. The highest BCUT2D eigenvalue weighted by Gasteiger charge is 2.31. The minimum Gasteiger partial charge on any atom is -0.294 e. The van der Waals surface area contributed by atoms with Crippen molar-refractivity contribution in [3.05, 3.63) is 72.7 Å². The summed E-state index contributed by atoms with van der Waals surface area (Å²) in [6.07, 6.45) is 3.43. The fraction of sp³-hybridized carbons (Fsp3) is 0.250. The van der Waals surface area contributed by atoms with E-state index >= 15 is 0 Å². The monoisotopic (exact) mass is 468 g/mol. The van der Waals surface area contributed by atoms with E-state index in [4.69, 9.17) is 0 Å². The van der Waals surface area contributed by atoms with E-state index in [0.717, 1.165) is 32.1 Å². The molecule has 2 aliphatic rings. The molecular weight excluding hydrogens is 454 g/mol. The van der Waals surface area contributed by atoms with E-state index in [-0.39, 0.29) is 23.1 Å². The van der Waals surface area contributed by atoms with Crippen molar-refractivity contribution in [2.24, 2.45) is 5.92 Å². The summed E-state index contributed by atoms with van der Waals surface area (Å²) >= 11 is 6.73. The summed E-state index contributed by atoms with van der Waals surface area (Å²) in [6, 6.07) is 6.25. The van der Waals surface area contributed by atoms with Gasteiger partial charge in [0.2, 0.25) is 0 Å². The van der Waals surface area contributed by atoms with Gasteiger partial charge in [0.15, 0.2) is 5.78 Å². The lowest BCUT2D eigenvalue weighted by atomic mass is 10.1. The number of hydrogen-bond donors (Lipinski definition) is 0. The summed E-state index contributed by atoms with van der Waals surface area (Å²) in [4.78, 5) is 11.5. The normalized spacial score (nSPS) is 17.6. The van der Waals surface area contributed by atoms with Crippen molar-refractivity contribution in [1.29, 1.82) is 0 Å². The van der Waals surface area contributed by atoms with Crippen LogP contribution in [-0.2, 0) is 12.8 Å². The first-order valence-corrected chi connectivity index (χ1v) is 9.53. The quantitative estimate of drug-likeness (QED) is 0.429. The van der Waals surface area contributed by atoms with Crippen LogP contribution < -0.4 is 0 Å². The fourth-order valence-electron chi connectivity index (χ4n) is 3.23. The molecule has 0 heterocycles. The zero-order valence-corrected chi connectivity index (χ0v) is 17.0. The lowest BCUT2D eigenvalue weighted by molar-refractivity contribution is 0.0943. The van der Waals surface area contributed by atoms with E-state index in [9.17, 15) is 13.6 Å². The van der Waals surface area contributed by atoms with E-state index in [1.165, 1.54) is 17.7 Å². The van der Waals surface area contributed by atoms with E-state index in [0.29, 0.717) is 6.42 Å². The number of Topliss-reactive ketones (excluding diaryl/α,β-unsaturated/α-hetero) is 1. The summed E-state index contributed by atoms with van der Waals surface area (Å²) in [6.45, 7) is 3.85. The number of carbonyl (C=O) groups is 1. The smallest absolute Gasteiger partial charge is 0.169 e. The Morgan fingerprint density at radius 2 is 1.60 bits per heavy atom. The Labute approximate surface area is 162 Å². The fourth-order valence-corrected chi connectivity index (χ4v) is 4.20. The molecule has 25 heavy (non-hydrogen) atoms. The second kappa shape index (κ2) is 7.12. The van der Waals surface area contributed by atoms with Crippen LogP contribution in [0.25, 0.3) is 6.08 Å². The third kappa shape index (κ3) is 3.49. The van der Waals surface area contributed by atoms with Crippen molar-refractivity contribution in [2.45, 2.75) is 26.7 Å². The third-order valence-electron chi connectivity index (χ3n) is 4.50. The van der Waals surface area contributed by atoms with Gasteiger partial charge in [-0.1, -0.05) is 50.4 Å². The molecule has 2 aromatic carbocycles. The van der Waals surface area contributed by atoms with Gasteiger partial charge >= 0.3 is 0 Å². The van der Waals surface area contributed by atoms with Gasteiger partial charge in [0, 0.05) is 20.4 Å².